The summed E-state index contributed by atoms with van der Waals surface area (Å²) in [5.41, 5.74) is -1.94. The maximum atomic E-state index is 14.3. The molecule has 0 bridgehead atoms. The number of thiocarbonyl (C=S) groups is 1. The Morgan fingerprint density at radius 1 is 1.02 bits per heavy atom. The van der Waals surface area contributed by atoms with Crippen LogP contribution in [-0.2, 0) is 20.6 Å². The number of amides is 3. The number of benzene rings is 2. The van der Waals surface area contributed by atoms with E-state index in [2.05, 4.69) is 16.0 Å². The predicted molar refractivity (Wildman–Crippen MR) is 211 cm³/mol. The molecule has 1 saturated carbocycles. The highest BCUT2D eigenvalue weighted by Crippen LogP contribution is 2.42. The van der Waals surface area contributed by atoms with Crippen LogP contribution in [0.3, 0.4) is 0 Å². The van der Waals surface area contributed by atoms with Crippen molar-refractivity contribution in [3.63, 3.8) is 0 Å². The number of hydrogen-bond donors (Lipinski definition) is 4. The van der Waals surface area contributed by atoms with E-state index < -0.39 is 65.7 Å². The van der Waals surface area contributed by atoms with Gasteiger partial charge >= 0.3 is 12.4 Å². The van der Waals surface area contributed by atoms with E-state index in [9.17, 15) is 51.1 Å². The zero-order valence-electron chi connectivity index (χ0n) is 32.7. The second-order valence-electron chi connectivity index (χ2n) is 16.3. The largest absolute Gasteiger partial charge is 0.417 e. The van der Waals surface area contributed by atoms with Crippen molar-refractivity contribution in [2.75, 3.05) is 48.3 Å². The van der Waals surface area contributed by atoms with Crippen LogP contribution in [0.2, 0.25) is 0 Å². The summed E-state index contributed by atoms with van der Waals surface area (Å²) < 4.78 is 84.2. The number of nitrogens with zero attached hydrogens (tertiary/aromatic N) is 5. The molecule has 4 fully saturated rings. The van der Waals surface area contributed by atoms with E-state index in [0.29, 0.717) is 56.1 Å². The van der Waals surface area contributed by atoms with E-state index in [-0.39, 0.29) is 42.3 Å². The number of halogens is 6. The summed E-state index contributed by atoms with van der Waals surface area (Å²) in [6.07, 6.45) is -5.40. The van der Waals surface area contributed by atoms with Crippen molar-refractivity contribution in [2.24, 2.45) is 5.92 Å². The van der Waals surface area contributed by atoms with Gasteiger partial charge < -0.3 is 30.9 Å². The van der Waals surface area contributed by atoms with Crippen molar-refractivity contribution in [1.82, 2.24) is 20.0 Å². The second kappa shape index (κ2) is 17.6. The number of aliphatic hydroxyl groups is 1. The summed E-state index contributed by atoms with van der Waals surface area (Å²) in [4.78, 5) is 44.0. The number of piperazine rings is 1. The maximum absolute atomic E-state index is 14.3. The van der Waals surface area contributed by atoms with Crippen LogP contribution < -0.4 is 20.9 Å². The number of nitriles is 1. The molecule has 3 amide bonds. The molecule has 320 valence electrons. The third kappa shape index (κ3) is 10.1. The van der Waals surface area contributed by atoms with Crippen LogP contribution in [-0.4, -0.2) is 111 Å². The van der Waals surface area contributed by atoms with Gasteiger partial charge in [-0.2, -0.15) is 31.6 Å². The number of piperidine rings is 1. The Hall–Kier alpha value is -4.51. The van der Waals surface area contributed by atoms with Crippen molar-refractivity contribution < 1.29 is 45.8 Å². The van der Waals surface area contributed by atoms with Gasteiger partial charge in [-0.3, -0.25) is 24.2 Å². The highest BCUT2D eigenvalue weighted by atomic mass is 32.1. The third-order valence-corrected chi connectivity index (χ3v) is 12.2. The van der Waals surface area contributed by atoms with Crippen LogP contribution in [0.4, 0.5) is 43.4 Å². The average molecular weight is 851 g/mol. The fraction of sp³-hybridized carbons (Fsp3) is 0.575. The van der Waals surface area contributed by atoms with Crippen LogP contribution in [0.15, 0.2) is 42.5 Å². The molecule has 0 aromatic heterocycles. The number of hydrogen-bond acceptors (Lipinski definition) is 9. The number of anilines is 3. The Morgan fingerprint density at radius 2 is 1.73 bits per heavy atom. The van der Waals surface area contributed by atoms with Crippen molar-refractivity contribution in [3.05, 3.63) is 53.6 Å². The smallest absolute Gasteiger partial charge is 0.378 e. The summed E-state index contributed by atoms with van der Waals surface area (Å²) in [5, 5.41) is 27.7. The van der Waals surface area contributed by atoms with Crippen molar-refractivity contribution >= 4 is 52.1 Å². The molecule has 3 saturated heterocycles. The van der Waals surface area contributed by atoms with E-state index in [1.165, 1.54) is 6.07 Å². The Labute approximate surface area is 343 Å². The average Bonchev–Trinajstić information content (AvgIpc) is 3.34. The molecule has 0 radical (unpaired) electrons. The lowest BCUT2D eigenvalue weighted by molar-refractivity contribution is -0.197. The normalized spacial score (nSPS) is 25.8. The Kier molecular flexibility index (Phi) is 13.1. The van der Waals surface area contributed by atoms with Gasteiger partial charge in [-0.05, 0) is 120 Å². The van der Waals surface area contributed by atoms with Gasteiger partial charge in [0.1, 0.15) is 17.8 Å². The molecule has 2 unspecified atom stereocenters. The summed E-state index contributed by atoms with van der Waals surface area (Å²) in [6.45, 7) is 3.54. The summed E-state index contributed by atoms with van der Waals surface area (Å²) in [6, 6.07) is 8.85. The van der Waals surface area contributed by atoms with Crippen LogP contribution in [0, 0.1) is 17.2 Å². The first-order valence-corrected chi connectivity index (χ1v) is 20.1. The van der Waals surface area contributed by atoms with E-state index >= 15 is 0 Å². The van der Waals surface area contributed by atoms with E-state index in [1.807, 2.05) is 4.90 Å². The minimum atomic E-state index is -4.80. The van der Waals surface area contributed by atoms with Crippen molar-refractivity contribution in [1.29, 1.82) is 5.26 Å². The number of nitrogens with one attached hydrogen (secondary N) is 3. The molecule has 1 aliphatic carbocycles. The number of carbonyl (C=O) groups excluding carboxylic acids is 3. The van der Waals surface area contributed by atoms with Gasteiger partial charge in [0.25, 0.3) is 5.91 Å². The van der Waals surface area contributed by atoms with Crippen LogP contribution in [0.1, 0.15) is 76.3 Å². The molecular weight excluding hydrogens is 803 g/mol. The molecule has 4 N–H and O–H groups in total. The first kappa shape index (κ1) is 44.1. The monoisotopic (exact) mass is 850 g/mol. The topological polar surface area (TPSA) is 144 Å². The Balaban J connectivity index is 0.970. The number of aliphatic hydroxyl groups excluding tert-OH is 1. The summed E-state index contributed by atoms with van der Waals surface area (Å²) in [5.74, 6) is -1.01. The van der Waals surface area contributed by atoms with E-state index in [0.717, 1.165) is 41.2 Å². The number of alkyl halides is 6. The first-order chi connectivity index (χ1) is 27.8. The van der Waals surface area contributed by atoms with E-state index in [1.54, 1.807) is 49.1 Å². The Morgan fingerprint density at radius 3 is 2.39 bits per heavy atom. The molecule has 3 heterocycles. The molecule has 59 heavy (non-hydrogen) atoms. The second-order valence-corrected chi connectivity index (χ2v) is 16.6. The lowest BCUT2D eigenvalue weighted by Gasteiger charge is -2.42. The van der Waals surface area contributed by atoms with E-state index in [4.69, 9.17) is 12.2 Å². The predicted octanol–water partition coefficient (Wildman–Crippen LogP) is 5.82. The zero-order valence-corrected chi connectivity index (χ0v) is 33.5. The highest BCUT2D eigenvalue weighted by Gasteiger charge is 2.53. The van der Waals surface area contributed by atoms with Gasteiger partial charge in [0.2, 0.25) is 11.8 Å². The van der Waals surface area contributed by atoms with Crippen molar-refractivity contribution in [3.8, 4) is 6.07 Å². The third-order valence-electron chi connectivity index (χ3n) is 11.9. The van der Waals surface area contributed by atoms with Crippen LogP contribution >= 0.6 is 12.2 Å². The Bertz CT molecular complexity index is 1950. The van der Waals surface area contributed by atoms with Crippen molar-refractivity contribution in [2.45, 2.75) is 107 Å². The van der Waals surface area contributed by atoms with Crippen LogP contribution in [0.25, 0.3) is 0 Å². The first-order valence-electron chi connectivity index (χ1n) is 19.7. The zero-order chi connectivity index (χ0) is 42.9. The summed E-state index contributed by atoms with van der Waals surface area (Å²) in [7, 11) is 0. The highest BCUT2D eigenvalue weighted by molar-refractivity contribution is 7.80. The van der Waals surface area contributed by atoms with Gasteiger partial charge in [0.15, 0.2) is 5.11 Å². The number of carbonyl (C=O) groups is 3. The van der Waals surface area contributed by atoms with Gasteiger partial charge in [-0.15, -0.1) is 0 Å². The molecule has 4 aliphatic rings. The quantitative estimate of drug-likeness (QED) is 0.161. The molecule has 0 spiro atoms. The lowest BCUT2D eigenvalue weighted by Crippen LogP contribution is -2.60. The van der Waals surface area contributed by atoms with Gasteiger partial charge in [0, 0.05) is 43.5 Å². The standard InChI is InChI=1S/C40H48F6N8O4S/c1-38(2)36(58)53(29-13-10-25(21-47)30(20-29)39(41,42)43)37(59)54(38)28-11-8-24(9-12-28)5-4-16-51-17-18-52(32(22-51)40(44,45)46)23-34(56)49-27-7-3-6-26(19-27)48-31-14-15-33(55)50-35(31)57/h3,6-7,10,13,19-20,24,28,31-32,35,48,57H,4-5,8-9,11-12,14-18,22-23H2,1-2H3,(H,49,56)(H,50,55)/t24?,28?,31?,32-,35?/m1/s1. The van der Waals surface area contributed by atoms with Crippen LogP contribution in [0.5, 0.6) is 0 Å². The molecule has 3 aliphatic heterocycles. The molecule has 19 heteroatoms. The fourth-order valence-corrected chi connectivity index (χ4v) is 9.31. The maximum Gasteiger partial charge on any atom is 0.417 e. The van der Waals surface area contributed by atoms with Gasteiger partial charge in [0.05, 0.1) is 35.5 Å². The minimum absolute atomic E-state index is 0.0524. The molecule has 3 atom stereocenters. The molecule has 6 rings (SSSR count). The summed E-state index contributed by atoms with van der Waals surface area (Å²) >= 11 is 5.71. The molecule has 2 aromatic carbocycles. The van der Waals surface area contributed by atoms with Gasteiger partial charge in [-0.1, -0.05) is 6.07 Å². The molecular formula is C40H48F6N8O4S. The number of rotatable bonds is 11. The SMILES string of the molecule is CC1(C)C(=O)N(c2ccc(C#N)c(C(F)(F)F)c2)C(=S)N1C1CCC(CCCN2CCN(CC(=O)Nc3cccc(NC4CCC(=O)NC4O)c3)[C@@H](C(F)(F)F)C2)CC1. The molecule has 12 nitrogen and oxygen atoms in total. The molecule has 2 aromatic rings. The fourth-order valence-electron chi connectivity index (χ4n) is 8.75. The lowest BCUT2D eigenvalue weighted by atomic mass is 9.82. The minimum Gasteiger partial charge on any atom is -0.378 e. The van der Waals surface area contributed by atoms with Gasteiger partial charge in [-0.25, -0.2) is 0 Å².